The number of benzene rings is 1. The summed E-state index contributed by atoms with van der Waals surface area (Å²) in [6, 6.07) is 5.87. The lowest BCUT2D eigenvalue weighted by Gasteiger charge is -2.47. The zero-order chi connectivity index (χ0) is 15.3. The summed E-state index contributed by atoms with van der Waals surface area (Å²) in [4.78, 5) is 6.66. The van der Waals surface area contributed by atoms with E-state index in [0.717, 1.165) is 29.6 Å². The molecule has 3 rings (SSSR count). The molecule has 4 nitrogen and oxygen atoms in total. The molecule has 2 heterocycles. The number of nitrogens with zero attached hydrogens (tertiary/aromatic N) is 2. The summed E-state index contributed by atoms with van der Waals surface area (Å²) in [6.07, 6.45) is 1.81. The van der Waals surface area contributed by atoms with Gasteiger partial charge in [0.05, 0.1) is 22.7 Å². The molecule has 0 saturated carbocycles. The van der Waals surface area contributed by atoms with Gasteiger partial charge in [-0.2, -0.15) is 0 Å². The molecule has 2 aliphatic rings. The molecule has 0 aromatic heterocycles. The van der Waals surface area contributed by atoms with Gasteiger partial charge in [0.25, 0.3) is 0 Å². The second kappa shape index (κ2) is 5.14. The van der Waals surface area contributed by atoms with E-state index in [1.165, 1.54) is 0 Å². The Balaban J connectivity index is 2.01. The number of hydrogen-bond donors (Lipinski definition) is 1. The van der Waals surface area contributed by atoms with Gasteiger partial charge in [0, 0.05) is 23.2 Å². The predicted octanol–water partition coefficient (Wildman–Crippen LogP) is 3.57. The molecular formula is C15H19BrClN3O. The average molecular weight is 373 g/mol. The Hall–Kier alpha value is -0.780. The summed E-state index contributed by atoms with van der Waals surface area (Å²) in [5.74, 6) is 0.571. The SMILES string of the molecule is CC1(C)CC2(CCO1)CN=C(N)N2c1ccc(Cl)c(Br)c1. The van der Waals surface area contributed by atoms with Crippen LogP contribution in [0.3, 0.4) is 0 Å². The number of ether oxygens (including phenoxy) is 1. The third-order valence-electron chi connectivity index (χ3n) is 4.22. The highest BCUT2D eigenvalue weighted by molar-refractivity contribution is 9.10. The molecule has 1 fully saturated rings. The monoisotopic (exact) mass is 371 g/mol. The Morgan fingerprint density at radius 1 is 1.43 bits per heavy atom. The fraction of sp³-hybridized carbons (Fsp3) is 0.533. The van der Waals surface area contributed by atoms with Gasteiger partial charge in [0.2, 0.25) is 0 Å². The highest BCUT2D eigenvalue weighted by Gasteiger charge is 2.49. The smallest absolute Gasteiger partial charge is 0.196 e. The predicted molar refractivity (Wildman–Crippen MR) is 90.1 cm³/mol. The standard InChI is InChI=1S/C15H19BrClN3O/c1-14(2)8-15(5-6-21-14)9-19-13(18)20(15)10-3-4-12(17)11(16)7-10/h3-4,7H,5-6,8-9H2,1-2H3,(H2,18,19). The van der Waals surface area contributed by atoms with Crippen LogP contribution in [-0.4, -0.2) is 30.3 Å². The summed E-state index contributed by atoms with van der Waals surface area (Å²) in [5, 5.41) is 0.690. The number of anilines is 1. The van der Waals surface area contributed by atoms with Crippen molar-refractivity contribution in [3.8, 4) is 0 Å². The number of guanidine groups is 1. The maximum atomic E-state index is 6.18. The van der Waals surface area contributed by atoms with Gasteiger partial charge in [0.15, 0.2) is 5.96 Å². The maximum Gasteiger partial charge on any atom is 0.196 e. The quantitative estimate of drug-likeness (QED) is 0.820. The molecule has 0 amide bonds. The first-order valence-corrected chi connectivity index (χ1v) is 8.19. The van der Waals surface area contributed by atoms with E-state index in [9.17, 15) is 0 Å². The number of halogens is 2. The van der Waals surface area contributed by atoms with Gasteiger partial charge in [-0.05, 0) is 54.4 Å². The van der Waals surface area contributed by atoms with Crippen molar-refractivity contribution in [3.63, 3.8) is 0 Å². The first kappa shape index (κ1) is 15.1. The van der Waals surface area contributed by atoms with Crippen molar-refractivity contribution < 1.29 is 4.74 Å². The molecule has 21 heavy (non-hydrogen) atoms. The molecule has 1 aromatic carbocycles. The van der Waals surface area contributed by atoms with Gasteiger partial charge in [-0.25, -0.2) is 0 Å². The van der Waals surface area contributed by atoms with Crippen LogP contribution in [0, 0.1) is 0 Å². The molecule has 0 bridgehead atoms. The maximum absolute atomic E-state index is 6.18. The third kappa shape index (κ3) is 2.67. The van der Waals surface area contributed by atoms with E-state index in [1.54, 1.807) is 0 Å². The molecule has 114 valence electrons. The van der Waals surface area contributed by atoms with Gasteiger partial charge in [-0.3, -0.25) is 4.99 Å². The normalized spacial score (nSPS) is 28.0. The first-order valence-electron chi connectivity index (χ1n) is 7.02. The Kier molecular flexibility index (Phi) is 3.71. The second-order valence-electron chi connectivity index (χ2n) is 6.37. The van der Waals surface area contributed by atoms with Crippen molar-refractivity contribution in [2.45, 2.75) is 37.8 Å². The van der Waals surface area contributed by atoms with E-state index in [1.807, 2.05) is 18.2 Å². The van der Waals surface area contributed by atoms with Crippen LogP contribution in [0.15, 0.2) is 27.7 Å². The highest BCUT2D eigenvalue weighted by Crippen LogP contribution is 2.42. The number of aliphatic imine (C=N–C) groups is 1. The van der Waals surface area contributed by atoms with Gasteiger partial charge < -0.3 is 15.4 Å². The third-order valence-corrected chi connectivity index (χ3v) is 5.43. The summed E-state index contributed by atoms with van der Waals surface area (Å²) < 4.78 is 6.73. The summed E-state index contributed by atoms with van der Waals surface area (Å²) in [6.45, 7) is 5.68. The zero-order valence-corrected chi connectivity index (χ0v) is 14.5. The van der Waals surface area contributed by atoms with Crippen molar-refractivity contribution in [2.24, 2.45) is 10.7 Å². The van der Waals surface area contributed by atoms with E-state index >= 15 is 0 Å². The Labute approximate surface area is 138 Å². The van der Waals surface area contributed by atoms with E-state index < -0.39 is 0 Å². The zero-order valence-electron chi connectivity index (χ0n) is 12.2. The first-order chi connectivity index (χ1) is 9.83. The molecule has 1 unspecified atom stereocenters. The van der Waals surface area contributed by atoms with Crippen molar-refractivity contribution in [3.05, 3.63) is 27.7 Å². The van der Waals surface area contributed by atoms with E-state index in [-0.39, 0.29) is 11.1 Å². The number of nitrogens with two attached hydrogens (primary N) is 1. The van der Waals surface area contributed by atoms with Gasteiger partial charge in [0.1, 0.15) is 0 Å². The Morgan fingerprint density at radius 3 is 2.86 bits per heavy atom. The Bertz CT molecular complexity index is 605. The molecule has 2 N–H and O–H groups in total. The lowest BCUT2D eigenvalue weighted by Crippen LogP contribution is -2.58. The number of hydrogen-bond acceptors (Lipinski definition) is 4. The van der Waals surface area contributed by atoms with Crippen LogP contribution < -0.4 is 10.6 Å². The molecule has 1 saturated heterocycles. The van der Waals surface area contributed by atoms with Crippen LogP contribution in [0.4, 0.5) is 5.69 Å². The van der Waals surface area contributed by atoms with Gasteiger partial charge >= 0.3 is 0 Å². The van der Waals surface area contributed by atoms with Crippen LogP contribution in [-0.2, 0) is 4.74 Å². The minimum atomic E-state index is -0.166. The van der Waals surface area contributed by atoms with Crippen molar-refractivity contribution in [1.29, 1.82) is 0 Å². The number of rotatable bonds is 1. The van der Waals surface area contributed by atoms with E-state index in [2.05, 4.69) is 39.7 Å². The minimum absolute atomic E-state index is 0.0981. The molecule has 0 radical (unpaired) electrons. The topological polar surface area (TPSA) is 50.9 Å². The van der Waals surface area contributed by atoms with Crippen LogP contribution in [0.1, 0.15) is 26.7 Å². The van der Waals surface area contributed by atoms with Crippen LogP contribution in [0.2, 0.25) is 5.02 Å². The van der Waals surface area contributed by atoms with Crippen molar-refractivity contribution >= 4 is 39.2 Å². The second-order valence-corrected chi connectivity index (χ2v) is 7.63. The summed E-state index contributed by atoms with van der Waals surface area (Å²) >= 11 is 9.58. The molecule has 6 heteroatoms. The van der Waals surface area contributed by atoms with Crippen LogP contribution >= 0.6 is 27.5 Å². The van der Waals surface area contributed by atoms with E-state index in [4.69, 9.17) is 22.1 Å². The van der Waals surface area contributed by atoms with Crippen LogP contribution in [0.25, 0.3) is 0 Å². The van der Waals surface area contributed by atoms with Crippen molar-refractivity contribution in [2.75, 3.05) is 18.1 Å². The lowest BCUT2D eigenvalue weighted by atomic mass is 9.80. The summed E-state index contributed by atoms with van der Waals surface area (Å²) in [7, 11) is 0. The van der Waals surface area contributed by atoms with Gasteiger partial charge in [-0.15, -0.1) is 0 Å². The van der Waals surface area contributed by atoms with Crippen LogP contribution in [0.5, 0.6) is 0 Å². The molecule has 0 aliphatic carbocycles. The Morgan fingerprint density at radius 2 is 2.19 bits per heavy atom. The molecular weight excluding hydrogens is 354 g/mol. The van der Waals surface area contributed by atoms with Gasteiger partial charge in [-0.1, -0.05) is 11.6 Å². The molecule has 1 atom stereocenters. The lowest BCUT2D eigenvalue weighted by molar-refractivity contribution is -0.0757. The largest absolute Gasteiger partial charge is 0.375 e. The minimum Gasteiger partial charge on any atom is -0.375 e. The summed E-state index contributed by atoms with van der Waals surface area (Å²) in [5.41, 5.74) is 6.93. The molecule has 1 aromatic rings. The molecule has 1 spiro atoms. The highest BCUT2D eigenvalue weighted by atomic mass is 79.9. The average Bonchev–Trinajstić information content (AvgIpc) is 2.68. The fourth-order valence-corrected chi connectivity index (χ4v) is 3.90. The van der Waals surface area contributed by atoms with E-state index in [0.29, 0.717) is 17.5 Å². The fourth-order valence-electron chi connectivity index (χ4n) is 3.42. The van der Waals surface area contributed by atoms with Crippen molar-refractivity contribution in [1.82, 2.24) is 0 Å². The molecule has 2 aliphatic heterocycles.